The number of para-hydroxylation sites is 2. The van der Waals surface area contributed by atoms with Crippen molar-refractivity contribution in [2.75, 3.05) is 44.3 Å². The molecule has 1 unspecified atom stereocenters. The topological polar surface area (TPSA) is 50.9 Å². The van der Waals surface area contributed by atoms with Crippen LogP contribution in [0.3, 0.4) is 0 Å². The summed E-state index contributed by atoms with van der Waals surface area (Å²) in [4.78, 5) is 17.3. The summed E-state index contributed by atoms with van der Waals surface area (Å²) in [5, 5.41) is 0. The summed E-state index contributed by atoms with van der Waals surface area (Å²) in [7, 11) is 0. The van der Waals surface area contributed by atoms with Crippen LogP contribution in [0.25, 0.3) is 11.1 Å². The van der Waals surface area contributed by atoms with E-state index in [1.54, 1.807) is 0 Å². The van der Waals surface area contributed by atoms with Crippen molar-refractivity contribution in [3.8, 4) is 0 Å². The van der Waals surface area contributed by atoms with Gasteiger partial charge in [-0.1, -0.05) is 24.3 Å². The SMILES string of the molecule is O=c1oc2ccccc2n1C1CCCN(Cc2ccc(N3CCOCC3)cc2)C1. The molecule has 152 valence electrons. The molecule has 0 spiro atoms. The van der Waals surface area contributed by atoms with Gasteiger partial charge in [0.2, 0.25) is 0 Å². The maximum Gasteiger partial charge on any atom is 0.420 e. The first-order valence-corrected chi connectivity index (χ1v) is 10.5. The number of benzene rings is 2. The summed E-state index contributed by atoms with van der Waals surface area (Å²) in [5.74, 6) is -0.243. The van der Waals surface area contributed by atoms with Gasteiger partial charge in [0.05, 0.1) is 24.8 Å². The van der Waals surface area contributed by atoms with Crippen LogP contribution in [-0.2, 0) is 11.3 Å². The molecule has 0 aliphatic carbocycles. The van der Waals surface area contributed by atoms with Crippen molar-refractivity contribution in [1.29, 1.82) is 0 Å². The van der Waals surface area contributed by atoms with Crippen LogP contribution in [-0.4, -0.2) is 48.9 Å². The third-order valence-corrected chi connectivity index (χ3v) is 6.08. The Kier molecular flexibility index (Phi) is 5.12. The second-order valence-electron chi connectivity index (χ2n) is 8.00. The average molecular weight is 393 g/mol. The van der Waals surface area contributed by atoms with Crippen molar-refractivity contribution in [1.82, 2.24) is 9.47 Å². The quantitative estimate of drug-likeness (QED) is 0.681. The summed E-state index contributed by atoms with van der Waals surface area (Å²) in [5.41, 5.74) is 4.16. The molecular formula is C23H27N3O3. The first-order chi connectivity index (χ1) is 14.3. The molecule has 2 saturated heterocycles. The van der Waals surface area contributed by atoms with Crippen LogP contribution in [0.5, 0.6) is 0 Å². The van der Waals surface area contributed by atoms with E-state index in [-0.39, 0.29) is 11.8 Å². The second kappa shape index (κ2) is 8.05. The second-order valence-corrected chi connectivity index (χ2v) is 8.00. The maximum atomic E-state index is 12.5. The lowest BCUT2D eigenvalue weighted by atomic mass is 10.0. The number of hydrogen-bond donors (Lipinski definition) is 0. The van der Waals surface area contributed by atoms with Gasteiger partial charge in [0.1, 0.15) is 0 Å². The van der Waals surface area contributed by atoms with E-state index in [4.69, 9.17) is 9.15 Å². The largest absolute Gasteiger partial charge is 0.420 e. The number of hydrogen-bond acceptors (Lipinski definition) is 5. The van der Waals surface area contributed by atoms with Crippen molar-refractivity contribution in [3.05, 3.63) is 64.6 Å². The normalized spacial score (nSPS) is 21.0. The minimum absolute atomic E-state index is 0.160. The lowest BCUT2D eigenvalue weighted by Gasteiger charge is -2.33. The fourth-order valence-corrected chi connectivity index (χ4v) is 4.61. The first-order valence-electron chi connectivity index (χ1n) is 10.5. The summed E-state index contributed by atoms with van der Waals surface area (Å²) in [6.45, 7) is 6.37. The van der Waals surface area contributed by atoms with Crippen LogP contribution in [0.15, 0.2) is 57.7 Å². The minimum atomic E-state index is -0.243. The summed E-state index contributed by atoms with van der Waals surface area (Å²) >= 11 is 0. The number of aromatic nitrogens is 1. The molecule has 1 aromatic heterocycles. The predicted octanol–water partition coefficient (Wildman–Crippen LogP) is 3.27. The highest BCUT2D eigenvalue weighted by molar-refractivity contribution is 5.72. The van der Waals surface area contributed by atoms with Crippen molar-refractivity contribution >= 4 is 16.8 Å². The molecule has 0 amide bonds. The average Bonchev–Trinajstić information content (AvgIpc) is 3.11. The number of piperidine rings is 1. The van der Waals surface area contributed by atoms with Gasteiger partial charge in [0.15, 0.2) is 5.58 Å². The molecule has 2 aromatic carbocycles. The first kappa shape index (κ1) is 18.5. The molecule has 0 saturated carbocycles. The maximum absolute atomic E-state index is 12.5. The van der Waals surface area contributed by atoms with Crippen LogP contribution in [0, 0.1) is 0 Å². The van der Waals surface area contributed by atoms with Crippen LogP contribution < -0.4 is 10.7 Å². The van der Waals surface area contributed by atoms with Crippen LogP contribution in [0.1, 0.15) is 24.4 Å². The van der Waals surface area contributed by atoms with Gasteiger partial charge in [-0.15, -0.1) is 0 Å². The smallest absolute Gasteiger partial charge is 0.408 e. The zero-order valence-electron chi connectivity index (χ0n) is 16.6. The highest BCUT2D eigenvalue weighted by Crippen LogP contribution is 2.26. The minimum Gasteiger partial charge on any atom is -0.408 e. The molecule has 2 aliphatic rings. The number of anilines is 1. The van der Waals surface area contributed by atoms with Gasteiger partial charge in [-0.05, 0) is 49.2 Å². The molecule has 0 N–H and O–H groups in total. The Bertz CT molecular complexity index is 1020. The predicted molar refractivity (Wildman–Crippen MR) is 113 cm³/mol. The number of morpholine rings is 1. The number of ether oxygens (including phenoxy) is 1. The molecule has 2 aliphatic heterocycles. The van der Waals surface area contributed by atoms with Crippen molar-refractivity contribution < 1.29 is 9.15 Å². The van der Waals surface area contributed by atoms with Crippen LogP contribution in [0.4, 0.5) is 5.69 Å². The summed E-state index contributed by atoms with van der Waals surface area (Å²) < 4.78 is 12.7. The third kappa shape index (κ3) is 3.82. The third-order valence-electron chi connectivity index (χ3n) is 6.08. The Hall–Kier alpha value is -2.57. The number of fused-ring (bicyclic) bond motifs is 1. The zero-order chi connectivity index (χ0) is 19.6. The van der Waals surface area contributed by atoms with E-state index >= 15 is 0 Å². The number of rotatable bonds is 4. The van der Waals surface area contributed by atoms with Crippen molar-refractivity contribution in [3.63, 3.8) is 0 Å². The molecule has 29 heavy (non-hydrogen) atoms. The lowest BCUT2D eigenvalue weighted by molar-refractivity contribution is 0.122. The van der Waals surface area contributed by atoms with E-state index in [0.29, 0.717) is 5.58 Å². The fourth-order valence-electron chi connectivity index (χ4n) is 4.61. The number of oxazole rings is 1. The van der Waals surface area contributed by atoms with E-state index in [1.807, 2.05) is 28.8 Å². The molecular weight excluding hydrogens is 366 g/mol. The Labute approximate surface area is 170 Å². The van der Waals surface area contributed by atoms with Gasteiger partial charge in [0, 0.05) is 31.9 Å². The van der Waals surface area contributed by atoms with Crippen LogP contribution >= 0.6 is 0 Å². The van der Waals surface area contributed by atoms with Crippen LogP contribution in [0.2, 0.25) is 0 Å². The van der Waals surface area contributed by atoms with Gasteiger partial charge in [-0.3, -0.25) is 9.47 Å². The van der Waals surface area contributed by atoms with Gasteiger partial charge >= 0.3 is 5.76 Å². The highest BCUT2D eigenvalue weighted by atomic mass is 16.5. The Morgan fingerprint density at radius 2 is 1.76 bits per heavy atom. The molecule has 2 fully saturated rings. The van der Waals surface area contributed by atoms with E-state index in [2.05, 4.69) is 34.1 Å². The number of likely N-dealkylation sites (tertiary alicyclic amines) is 1. The zero-order valence-corrected chi connectivity index (χ0v) is 16.6. The summed E-state index contributed by atoms with van der Waals surface area (Å²) in [6.07, 6.45) is 2.10. The molecule has 3 aromatic rings. The molecule has 0 bridgehead atoms. The van der Waals surface area contributed by atoms with E-state index < -0.39 is 0 Å². The van der Waals surface area contributed by atoms with Gasteiger partial charge in [0.25, 0.3) is 0 Å². The lowest BCUT2D eigenvalue weighted by Crippen LogP contribution is -2.38. The Morgan fingerprint density at radius 1 is 0.966 bits per heavy atom. The van der Waals surface area contributed by atoms with Crippen molar-refractivity contribution in [2.45, 2.75) is 25.4 Å². The number of nitrogens with zero attached hydrogens (tertiary/aromatic N) is 3. The fraction of sp³-hybridized carbons (Fsp3) is 0.435. The van der Waals surface area contributed by atoms with E-state index in [9.17, 15) is 4.79 Å². The monoisotopic (exact) mass is 393 g/mol. The molecule has 6 nitrogen and oxygen atoms in total. The summed E-state index contributed by atoms with van der Waals surface area (Å²) in [6, 6.07) is 16.8. The Balaban J connectivity index is 1.28. The van der Waals surface area contributed by atoms with Gasteiger partial charge in [-0.2, -0.15) is 0 Å². The van der Waals surface area contributed by atoms with E-state index in [1.165, 1.54) is 11.3 Å². The highest BCUT2D eigenvalue weighted by Gasteiger charge is 2.25. The molecule has 6 heteroatoms. The van der Waals surface area contributed by atoms with Crippen molar-refractivity contribution in [2.24, 2.45) is 0 Å². The Morgan fingerprint density at radius 3 is 2.59 bits per heavy atom. The van der Waals surface area contributed by atoms with E-state index in [0.717, 1.165) is 64.3 Å². The molecule has 3 heterocycles. The molecule has 1 atom stereocenters. The van der Waals surface area contributed by atoms with Gasteiger partial charge < -0.3 is 14.1 Å². The molecule has 5 rings (SSSR count). The molecule has 0 radical (unpaired) electrons. The standard InChI is InChI=1S/C23H27N3O3/c27-23-26(21-5-1-2-6-22(21)29-23)20-4-3-11-24(17-20)16-18-7-9-19(10-8-18)25-12-14-28-15-13-25/h1-2,5-10,20H,3-4,11-17H2. The van der Waals surface area contributed by atoms with Gasteiger partial charge in [-0.25, -0.2) is 4.79 Å².